The highest BCUT2D eigenvalue weighted by molar-refractivity contribution is 6.07. The van der Waals surface area contributed by atoms with Crippen molar-refractivity contribution in [3.8, 4) is 0 Å². The second kappa shape index (κ2) is 6.74. The van der Waals surface area contributed by atoms with E-state index in [0.717, 1.165) is 32.4 Å². The van der Waals surface area contributed by atoms with Gasteiger partial charge >= 0.3 is 6.03 Å². The molecule has 8 nitrogen and oxygen atoms in total. The smallest absolute Gasteiger partial charge is 0.325 e. The van der Waals surface area contributed by atoms with Crippen LogP contribution in [0, 0.1) is 5.92 Å². The molecule has 2 aliphatic rings. The van der Waals surface area contributed by atoms with E-state index in [1.54, 1.807) is 0 Å². The summed E-state index contributed by atoms with van der Waals surface area (Å²) < 4.78 is 5.60. The maximum absolute atomic E-state index is 12.9. The summed E-state index contributed by atoms with van der Waals surface area (Å²) in [5.41, 5.74) is -0.844. The van der Waals surface area contributed by atoms with Crippen molar-refractivity contribution in [1.82, 2.24) is 25.3 Å². The van der Waals surface area contributed by atoms with E-state index >= 15 is 0 Å². The first kappa shape index (κ1) is 17.8. The number of imide groups is 1. The van der Waals surface area contributed by atoms with E-state index in [-0.39, 0.29) is 23.9 Å². The van der Waals surface area contributed by atoms with Gasteiger partial charge in [0.2, 0.25) is 11.8 Å². The molecule has 1 aromatic heterocycles. The lowest BCUT2D eigenvalue weighted by Gasteiger charge is -2.39. The predicted octanol–water partition coefficient (Wildman–Crippen LogP) is 1.56. The number of hydrogen-bond donors (Lipinski definition) is 1. The van der Waals surface area contributed by atoms with Crippen molar-refractivity contribution in [2.45, 2.75) is 65.1 Å². The lowest BCUT2D eigenvalue weighted by atomic mass is 9.80. The van der Waals surface area contributed by atoms with E-state index in [4.69, 9.17) is 4.42 Å². The summed E-state index contributed by atoms with van der Waals surface area (Å²) in [7, 11) is 0. The Bertz CT molecular complexity index is 658. The van der Waals surface area contributed by atoms with Gasteiger partial charge in [-0.25, -0.2) is 4.79 Å². The molecule has 2 atom stereocenters. The molecule has 0 spiro atoms. The Hall–Kier alpha value is -1.96. The minimum Gasteiger partial charge on any atom is -0.424 e. The van der Waals surface area contributed by atoms with E-state index < -0.39 is 5.54 Å². The van der Waals surface area contributed by atoms with Crippen molar-refractivity contribution in [2.75, 3.05) is 13.1 Å². The van der Waals surface area contributed by atoms with Crippen LogP contribution in [0.25, 0.3) is 0 Å². The van der Waals surface area contributed by atoms with E-state index in [2.05, 4.69) is 20.4 Å². The second-order valence-corrected chi connectivity index (χ2v) is 7.42. The third-order valence-corrected chi connectivity index (χ3v) is 5.26. The van der Waals surface area contributed by atoms with Crippen molar-refractivity contribution in [3.05, 3.63) is 11.8 Å². The Balaban J connectivity index is 1.70. The molecule has 3 amide bonds. The van der Waals surface area contributed by atoms with Crippen LogP contribution < -0.4 is 5.32 Å². The monoisotopic (exact) mass is 349 g/mol. The molecular weight excluding hydrogens is 322 g/mol. The van der Waals surface area contributed by atoms with Gasteiger partial charge in [0.15, 0.2) is 0 Å². The second-order valence-electron chi connectivity index (χ2n) is 7.42. The molecule has 3 rings (SSSR count). The van der Waals surface area contributed by atoms with Crippen LogP contribution in [0.3, 0.4) is 0 Å². The standard InChI is InChI=1S/C17H27N5O3/c1-5-13-19-20-14(25-13)10-21-8-6-7-12(9-21)17(4)15(23)22(11(2)3)16(24)18-17/h11-12H,5-10H2,1-4H3,(H,18,24)/t12-,17+/m0/s1. The fourth-order valence-corrected chi connectivity index (χ4v) is 3.78. The molecule has 2 aliphatic heterocycles. The quantitative estimate of drug-likeness (QED) is 0.811. The van der Waals surface area contributed by atoms with Gasteiger partial charge in [-0.05, 0) is 40.2 Å². The molecule has 1 N–H and O–H groups in total. The Morgan fingerprint density at radius 2 is 2.04 bits per heavy atom. The molecule has 0 bridgehead atoms. The van der Waals surface area contributed by atoms with Gasteiger partial charge in [0.25, 0.3) is 5.91 Å². The zero-order chi connectivity index (χ0) is 18.2. The van der Waals surface area contributed by atoms with Crippen molar-refractivity contribution in [1.29, 1.82) is 0 Å². The van der Waals surface area contributed by atoms with Gasteiger partial charge < -0.3 is 9.73 Å². The molecule has 1 aromatic rings. The summed E-state index contributed by atoms with van der Waals surface area (Å²) in [6.07, 6.45) is 2.61. The number of nitrogens with one attached hydrogen (secondary N) is 1. The van der Waals surface area contributed by atoms with Crippen molar-refractivity contribution >= 4 is 11.9 Å². The van der Waals surface area contributed by atoms with E-state index in [9.17, 15) is 9.59 Å². The van der Waals surface area contributed by atoms with E-state index in [1.165, 1.54) is 4.90 Å². The number of hydrogen-bond acceptors (Lipinski definition) is 6. The molecule has 0 unspecified atom stereocenters. The van der Waals surface area contributed by atoms with E-state index in [1.807, 2.05) is 27.7 Å². The Kier molecular flexibility index (Phi) is 4.81. The number of aryl methyl sites for hydroxylation is 1. The number of amides is 3. The number of likely N-dealkylation sites (tertiary alicyclic amines) is 1. The number of piperidine rings is 1. The average molecular weight is 349 g/mol. The van der Waals surface area contributed by atoms with E-state index in [0.29, 0.717) is 18.3 Å². The van der Waals surface area contributed by atoms with Crippen LogP contribution in [0.4, 0.5) is 4.79 Å². The summed E-state index contributed by atoms with van der Waals surface area (Å²) in [4.78, 5) is 28.7. The van der Waals surface area contributed by atoms with Gasteiger partial charge in [0, 0.05) is 24.9 Å². The first-order valence-electron chi connectivity index (χ1n) is 9.04. The summed E-state index contributed by atoms with van der Waals surface area (Å²) in [5.74, 6) is 1.19. The highest BCUT2D eigenvalue weighted by atomic mass is 16.4. The topological polar surface area (TPSA) is 91.6 Å². The van der Waals surface area contributed by atoms with Crippen molar-refractivity contribution in [2.24, 2.45) is 5.92 Å². The van der Waals surface area contributed by atoms with Crippen molar-refractivity contribution < 1.29 is 14.0 Å². The number of aromatic nitrogens is 2. The zero-order valence-corrected chi connectivity index (χ0v) is 15.4. The van der Waals surface area contributed by atoms with Crippen LogP contribution >= 0.6 is 0 Å². The molecule has 0 aromatic carbocycles. The highest BCUT2D eigenvalue weighted by Gasteiger charge is 2.53. The summed E-state index contributed by atoms with van der Waals surface area (Å²) >= 11 is 0. The van der Waals surface area contributed by atoms with Gasteiger partial charge in [0.05, 0.1) is 6.54 Å². The van der Waals surface area contributed by atoms with Crippen LogP contribution in [-0.2, 0) is 17.8 Å². The minimum atomic E-state index is -0.844. The molecule has 25 heavy (non-hydrogen) atoms. The SMILES string of the molecule is CCc1nnc(CN2CCC[C@H]([C@@]3(C)NC(=O)N(C(C)C)C3=O)C2)o1. The molecular formula is C17H27N5O3. The lowest BCUT2D eigenvalue weighted by molar-refractivity contribution is -0.134. The average Bonchev–Trinajstić information content (AvgIpc) is 3.10. The van der Waals surface area contributed by atoms with Crippen LogP contribution in [0.5, 0.6) is 0 Å². The molecule has 3 heterocycles. The molecule has 8 heteroatoms. The molecule has 138 valence electrons. The zero-order valence-electron chi connectivity index (χ0n) is 15.4. The Labute approximate surface area is 147 Å². The van der Waals surface area contributed by atoms with Crippen LogP contribution in [0.15, 0.2) is 4.42 Å². The van der Waals surface area contributed by atoms with Gasteiger partial charge in [-0.1, -0.05) is 6.92 Å². The van der Waals surface area contributed by atoms with Gasteiger partial charge in [-0.3, -0.25) is 14.6 Å². The number of urea groups is 1. The minimum absolute atomic E-state index is 0.0648. The molecule has 0 aliphatic carbocycles. The third-order valence-electron chi connectivity index (χ3n) is 5.26. The van der Waals surface area contributed by atoms with Crippen LogP contribution in [0.2, 0.25) is 0 Å². The first-order valence-corrected chi connectivity index (χ1v) is 9.04. The van der Waals surface area contributed by atoms with Crippen molar-refractivity contribution in [3.63, 3.8) is 0 Å². The predicted molar refractivity (Wildman–Crippen MR) is 90.6 cm³/mol. The van der Waals surface area contributed by atoms with Crippen LogP contribution in [0.1, 0.15) is 52.3 Å². The van der Waals surface area contributed by atoms with Gasteiger partial charge in [-0.15, -0.1) is 10.2 Å². The Morgan fingerprint density at radius 3 is 2.64 bits per heavy atom. The van der Waals surface area contributed by atoms with Gasteiger partial charge in [0.1, 0.15) is 5.54 Å². The maximum atomic E-state index is 12.9. The molecule has 2 fully saturated rings. The number of nitrogens with zero attached hydrogens (tertiary/aromatic N) is 4. The fourth-order valence-electron chi connectivity index (χ4n) is 3.78. The Morgan fingerprint density at radius 1 is 1.32 bits per heavy atom. The summed E-state index contributed by atoms with van der Waals surface area (Å²) in [5, 5.41) is 11.0. The normalized spacial score (nSPS) is 28.0. The lowest BCUT2D eigenvalue weighted by Crippen LogP contribution is -2.56. The van der Waals surface area contributed by atoms with Crippen LogP contribution in [-0.4, -0.2) is 56.6 Å². The molecule has 0 saturated carbocycles. The molecule has 2 saturated heterocycles. The number of carbonyl (C=O) groups excluding carboxylic acids is 2. The molecule has 0 radical (unpaired) electrons. The number of carbonyl (C=O) groups is 2. The number of rotatable bonds is 5. The fraction of sp³-hybridized carbons (Fsp3) is 0.765. The highest BCUT2D eigenvalue weighted by Crippen LogP contribution is 2.33. The largest absolute Gasteiger partial charge is 0.424 e. The third kappa shape index (κ3) is 3.27. The summed E-state index contributed by atoms with van der Waals surface area (Å²) in [6, 6.07) is -0.427. The van der Waals surface area contributed by atoms with Gasteiger partial charge in [-0.2, -0.15) is 0 Å². The summed E-state index contributed by atoms with van der Waals surface area (Å²) in [6.45, 7) is 9.77. The first-order chi connectivity index (χ1) is 11.8. The maximum Gasteiger partial charge on any atom is 0.325 e.